The fourth-order valence-electron chi connectivity index (χ4n) is 1.74. The standard InChI is InChI=1S/C14H16N4O3/c1-2-7-21-10-5-3-9(4-6-10)12-8-11(13(19)16-15)14(20)18-17-12/h3-6,8H,2,7,15H2,1H3,(H,16,19)(H,18,20). The molecule has 7 nitrogen and oxygen atoms in total. The second-order valence-corrected chi connectivity index (χ2v) is 4.34. The number of nitrogens with one attached hydrogen (secondary N) is 2. The van der Waals surface area contributed by atoms with Crippen LogP contribution in [0.1, 0.15) is 23.7 Å². The number of ether oxygens (including phenoxy) is 1. The quantitative estimate of drug-likeness (QED) is 0.429. The molecule has 0 radical (unpaired) electrons. The summed E-state index contributed by atoms with van der Waals surface area (Å²) in [6.07, 6.45) is 0.931. The molecule has 0 saturated carbocycles. The van der Waals surface area contributed by atoms with Gasteiger partial charge in [-0.05, 0) is 36.8 Å². The van der Waals surface area contributed by atoms with Gasteiger partial charge in [0, 0.05) is 5.56 Å². The maximum Gasteiger partial charge on any atom is 0.277 e. The van der Waals surface area contributed by atoms with E-state index in [4.69, 9.17) is 10.6 Å². The summed E-state index contributed by atoms with van der Waals surface area (Å²) in [7, 11) is 0. The summed E-state index contributed by atoms with van der Waals surface area (Å²) < 4.78 is 5.49. The summed E-state index contributed by atoms with van der Waals surface area (Å²) in [6, 6.07) is 8.61. The zero-order valence-electron chi connectivity index (χ0n) is 11.6. The Kier molecular flexibility index (Phi) is 4.68. The number of carbonyl (C=O) groups excluding carboxylic acids is 1. The van der Waals surface area contributed by atoms with E-state index < -0.39 is 11.5 Å². The highest BCUT2D eigenvalue weighted by Crippen LogP contribution is 2.20. The van der Waals surface area contributed by atoms with Crippen LogP contribution >= 0.6 is 0 Å². The number of benzene rings is 1. The Morgan fingerprint density at radius 1 is 1.38 bits per heavy atom. The van der Waals surface area contributed by atoms with Crippen molar-refractivity contribution in [3.63, 3.8) is 0 Å². The number of amides is 1. The number of carbonyl (C=O) groups is 1. The fourth-order valence-corrected chi connectivity index (χ4v) is 1.74. The van der Waals surface area contributed by atoms with Crippen molar-refractivity contribution in [1.29, 1.82) is 0 Å². The predicted octanol–water partition coefficient (Wildman–Crippen LogP) is 0.829. The molecule has 21 heavy (non-hydrogen) atoms. The number of aromatic amines is 1. The first-order valence-corrected chi connectivity index (χ1v) is 6.49. The molecule has 2 aromatic rings. The van der Waals surface area contributed by atoms with Crippen LogP contribution in [0.2, 0.25) is 0 Å². The SMILES string of the molecule is CCCOc1ccc(-c2cc(C(=O)NN)c(=O)[nH]n2)cc1. The van der Waals surface area contributed by atoms with Gasteiger partial charge in [0.15, 0.2) is 0 Å². The van der Waals surface area contributed by atoms with E-state index in [1.165, 1.54) is 6.07 Å². The van der Waals surface area contributed by atoms with Crippen LogP contribution in [0.3, 0.4) is 0 Å². The van der Waals surface area contributed by atoms with Gasteiger partial charge in [-0.3, -0.25) is 15.0 Å². The van der Waals surface area contributed by atoms with Crippen molar-refractivity contribution in [2.24, 2.45) is 5.84 Å². The van der Waals surface area contributed by atoms with E-state index in [1.54, 1.807) is 24.3 Å². The molecule has 110 valence electrons. The summed E-state index contributed by atoms with van der Waals surface area (Å²) in [5.41, 5.74) is 2.46. The van der Waals surface area contributed by atoms with Crippen molar-refractivity contribution < 1.29 is 9.53 Å². The molecule has 0 saturated heterocycles. The number of hydrogen-bond acceptors (Lipinski definition) is 5. The highest BCUT2D eigenvalue weighted by Gasteiger charge is 2.11. The Labute approximate surface area is 121 Å². The van der Waals surface area contributed by atoms with Crippen LogP contribution < -0.4 is 21.6 Å². The maximum absolute atomic E-state index is 11.5. The first-order valence-electron chi connectivity index (χ1n) is 6.49. The molecule has 1 aromatic heterocycles. The smallest absolute Gasteiger partial charge is 0.277 e. The number of nitrogens with two attached hydrogens (primary N) is 1. The first kappa shape index (κ1) is 14.7. The third-order valence-electron chi connectivity index (χ3n) is 2.80. The Morgan fingerprint density at radius 2 is 2.10 bits per heavy atom. The molecule has 0 atom stereocenters. The van der Waals surface area contributed by atoms with Crippen molar-refractivity contribution in [3.05, 3.63) is 46.2 Å². The van der Waals surface area contributed by atoms with E-state index in [1.807, 2.05) is 12.3 Å². The van der Waals surface area contributed by atoms with Gasteiger partial charge in [0.25, 0.3) is 11.5 Å². The third kappa shape index (κ3) is 3.46. The normalized spacial score (nSPS) is 10.2. The maximum atomic E-state index is 11.5. The van der Waals surface area contributed by atoms with E-state index >= 15 is 0 Å². The Balaban J connectivity index is 2.29. The Bertz CT molecular complexity index is 679. The highest BCUT2D eigenvalue weighted by atomic mass is 16.5. The fraction of sp³-hybridized carbons (Fsp3) is 0.214. The van der Waals surface area contributed by atoms with Crippen molar-refractivity contribution in [2.45, 2.75) is 13.3 Å². The van der Waals surface area contributed by atoms with Crippen molar-refractivity contribution in [3.8, 4) is 17.0 Å². The Morgan fingerprint density at radius 3 is 2.71 bits per heavy atom. The second kappa shape index (κ2) is 6.67. The lowest BCUT2D eigenvalue weighted by atomic mass is 10.1. The number of rotatable bonds is 5. The summed E-state index contributed by atoms with van der Waals surface area (Å²) in [5, 5.41) is 6.20. The van der Waals surface area contributed by atoms with E-state index in [9.17, 15) is 9.59 Å². The van der Waals surface area contributed by atoms with Gasteiger partial charge in [0.1, 0.15) is 11.3 Å². The minimum atomic E-state index is -0.664. The minimum Gasteiger partial charge on any atom is -0.494 e. The van der Waals surface area contributed by atoms with E-state index in [-0.39, 0.29) is 5.56 Å². The zero-order valence-corrected chi connectivity index (χ0v) is 11.6. The highest BCUT2D eigenvalue weighted by molar-refractivity contribution is 5.94. The van der Waals surface area contributed by atoms with E-state index in [2.05, 4.69) is 10.2 Å². The summed E-state index contributed by atoms with van der Waals surface area (Å²) in [5.74, 6) is 5.13. The molecule has 1 aromatic carbocycles. The number of hydrogen-bond donors (Lipinski definition) is 3. The number of H-pyrrole nitrogens is 1. The molecule has 0 fully saturated rings. The third-order valence-corrected chi connectivity index (χ3v) is 2.80. The lowest BCUT2D eigenvalue weighted by molar-refractivity contribution is 0.0952. The molecule has 7 heteroatoms. The molecule has 4 N–H and O–H groups in total. The topological polar surface area (TPSA) is 110 Å². The van der Waals surface area contributed by atoms with E-state index in [0.717, 1.165) is 17.7 Å². The molecular formula is C14H16N4O3. The van der Waals surface area contributed by atoms with Gasteiger partial charge in [-0.1, -0.05) is 6.92 Å². The van der Waals surface area contributed by atoms with Gasteiger partial charge < -0.3 is 4.74 Å². The number of nitrogen functional groups attached to an aromatic ring is 1. The molecule has 0 unspecified atom stereocenters. The molecule has 0 aliphatic rings. The van der Waals surface area contributed by atoms with Crippen LogP contribution in [0, 0.1) is 0 Å². The van der Waals surface area contributed by atoms with Crippen LogP contribution in [0.5, 0.6) is 5.75 Å². The Hall–Kier alpha value is -2.67. The molecule has 0 aliphatic carbocycles. The van der Waals surface area contributed by atoms with Crippen molar-refractivity contribution in [2.75, 3.05) is 6.61 Å². The molecule has 0 spiro atoms. The van der Waals surface area contributed by atoms with Gasteiger partial charge in [-0.2, -0.15) is 5.10 Å². The van der Waals surface area contributed by atoms with Gasteiger partial charge in [-0.25, -0.2) is 10.9 Å². The van der Waals surface area contributed by atoms with Crippen LogP contribution in [0.4, 0.5) is 0 Å². The number of hydrazine groups is 1. The molecule has 2 rings (SSSR count). The van der Waals surface area contributed by atoms with Crippen molar-refractivity contribution in [1.82, 2.24) is 15.6 Å². The average molecular weight is 288 g/mol. The van der Waals surface area contributed by atoms with Gasteiger partial charge in [-0.15, -0.1) is 0 Å². The lowest BCUT2D eigenvalue weighted by Gasteiger charge is -2.06. The predicted molar refractivity (Wildman–Crippen MR) is 77.7 cm³/mol. The van der Waals surface area contributed by atoms with Crippen LogP contribution in [0.15, 0.2) is 35.1 Å². The van der Waals surface area contributed by atoms with Crippen LogP contribution in [-0.2, 0) is 0 Å². The van der Waals surface area contributed by atoms with Crippen LogP contribution in [0.25, 0.3) is 11.3 Å². The number of nitrogens with zero attached hydrogens (tertiary/aromatic N) is 1. The van der Waals surface area contributed by atoms with Gasteiger partial charge in [0.2, 0.25) is 0 Å². The molecule has 1 amide bonds. The van der Waals surface area contributed by atoms with Crippen molar-refractivity contribution >= 4 is 5.91 Å². The lowest BCUT2D eigenvalue weighted by Crippen LogP contribution is -2.34. The monoisotopic (exact) mass is 288 g/mol. The minimum absolute atomic E-state index is 0.0891. The summed E-state index contributed by atoms with van der Waals surface area (Å²) >= 11 is 0. The summed E-state index contributed by atoms with van der Waals surface area (Å²) in [6.45, 7) is 2.68. The number of aromatic nitrogens is 2. The van der Waals surface area contributed by atoms with Gasteiger partial charge in [0.05, 0.1) is 12.3 Å². The molecular weight excluding hydrogens is 272 g/mol. The first-order chi connectivity index (χ1) is 10.2. The second-order valence-electron chi connectivity index (χ2n) is 4.34. The van der Waals surface area contributed by atoms with E-state index in [0.29, 0.717) is 12.3 Å². The summed E-state index contributed by atoms with van der Waals surface area (Å²) in [4.78, 5) is 23.0. The zero-order chi connectivity index (χ0) is 15.2. The van der Waals surface area contributed by atoms with Crippen LogP contribution in [-0.4, -0.2) is 22.7 Å². The molecule has 0 bridgehead atoms. The largest absolute Gasteiger partial charge is 0.494 e. The molecule has 1 heterocycles. The average Bonchev–Trinajstić information content (AvgIpc) is 2.53. The molecule has 0 aliphatic heterocycles. The van der Waals surface area contributed by atoms with Gasteiger partial charge >= 0.3 is 0 Å².